The van der Waals surface area contributed by atoms with Gasteiger partial charge in [-0.05, 0) is 30.5 Å². The Labute approximate surface area is 164 Å². The van der Waals surface area contributed by atoms with E-state index in [0.717, 1.165) is 61.5 Å². The average molecular weight is 386 g/mol. The molecule has 1 atom stereocenters. The van der Waals surface area contributed by atoms with Gasteiger partial charge in [0.05, 0.1) is 6.54 Å². The van der Waals surface area contributed by atoms with Crippen molar-refractivity contribution < 1.29 is 14.2 Å². The second kappa shape index (κ2) is 8.47. The molecule has 3 heterocycles. The lowest BCUT2D eigenvalue weighted by Gasteiger charge is -2.25. The Hall–Kier alpha value is -2.81. The summed E-state index contributed by atoms with van der Waals surface area (Å²) >= 11 is 0. The van der Waals surface area contributed by atoms with Crippen molar-refractivity contribution in [2.45, 2.75) is 38.5 Å². The molecule has 1 aromatic carbocycles. The number of nitrogens with one attached hydrogen (secondary N) is 2. The van der Waals surface area contributed by atoms with Gasteiger partial charge < -0.3 is 24.8 Å². The molecular weight excluding hydrogens is 360 g/mol. The first kappa shape index (κ1) is 18.5. The molecule has 9 heteroatoms. The summed E-state index contributed by atoms with van der Waals surface area (Å²) in [6, 6.07) is 6.32. The Balaban J connectivity index is 1.27. The topological polar surface area (TPSA) is 94.8 Å². The molecule has 2 aliphatic rings. The van der Waals surface area contributed by atoms with E-state index < -0.39 is 0 Å². The fourth-order valence-corrected chi connectivity index (χ4v) is 3.48. The van der Waals surface area contributed by atoms with Gasteiger partial charge in [0.15, 0.2) is 23.3 Å². The number of fused-ring (bicyclic) bond motifs is 2. The van der Waals surface area contributed by atoms with Gasteiger partial charge in [0.1, 0.15) is 12.4 Å². The molecule has 28 heavy (non-hydrogen) atoms. The van der Waals surface area contributed by atoms with E-state index >= 15 is 0 Å². The molecule has 0 saturated carbocycles. The molecule has 2 aliphatic heterocycles. The Bertz CT molecular complexity index is 850. The van der Waals surface area contributed by atoms with Crippen molar-refractivity contribution in [2.75, 3.05) is 27.5 Å². The smallest absolute Gasteiger partial charge is 0.231 e. The predicted octanol–water partition coefficient (Wildman–Crippen LogP) is 0.876. The molecule has 0 radical (unpaired) electrons. The van der Waals surface area contributed by atoms with Crippen LogP contribution in [-0.2, 0) is 30.7 Å². The van der Waals surface area contributed by atoms with Gasteiger partial charge in [0.25, 0.3) is 0 Å². The number of rotatable bonds is 6. The molecule has 0 aliphatic carbocycles. The highest BCUT2D eigenvalue weighted by atomic mass is 16.7. The summed E-state index contributed by atoms with van der Waals surface area (Å²) in [5.41, 5.74) is 1.20. The number of nitrogens with zero attached hydrogens (tertiary/aromatic N) is 4. The van der Waals surface area contributed by atoms with Crippen LogP contribution in [0.2, 0.25) is 0 Å². The van der Waals surface area contributed by atoms with E-state index in [9.17, 15) is 0 Å². The lowest BCUT2D eigenvalue weighted by Crippen LogP contribution is -2.47. The van der Waals surface area contributed by atoms with Crippen LogP contribution in [0.15, 0.2) is 23.2 Å². The monoisotopic (exact) mass is 386 g/mol. The summed E-state index contributed by atoms with van der Waals surface area (Å²) in [6.45, 7) is 2.30. The fourth-order valence-electron chi connectivity index (χ4n) is 3.48. The third kappa shape index (κ3) is 4.19. The highest BCUT2D eigenvalue weighted by Crippen LogP contribution is 2.32. The summed E-state index contributed by atoms with van der Waals surface area (Å²) < 4.78 is 17.9. The average Bonchev–Trinajstić information content (AvgIpc) is 3.32. The van der Waals surface area contributed by atoms with Crippen molar-refractivity contribution in [1.82, 2.24) is 25.4 Å². The number of guanidine groups is 1. The van der Waals surface area contributed by atoms with E-state index in [1.54, 1.807) is 14.2 Å². The summed E-state index contributed by atoms with van der Waals surface area (Å²) in [4.78, 5) is 8.86. The maximum atomic E-state index is 5.43. The quantitative estimate of drug-likeness (QED) is 0.562. The molecule has 0 fully saturated rings. The second-order valence-electron chi connectivity index (χ2n) is 6.88. The minimum atomic E-state index is 0.265. The lowest BCUT2D eigenvalue weighted by molar-refractivity contribution is 0.174. The molecular formula is C19H26N6O3. The Morgan fingerprint density at radius 1 is 1.36 bits per heavy atom. The maximum absolute atomic E-state index is 5.43. The largest absolute Gasteiger partial charge is 0.454 e. The van der Waals surface area contributed by atoms with E-state index in [1.807, 2.05) is 16.8 Å². The van der Waals surface area contributed by atoms with Crippen LogP contribution in [0.3, 0.4) is 0 Å². The Kier molecular flexibility index (Phi) is 5.61. The summed E-state index contributed by atoms with van der Waals surface area (Å²) in [7, 11) is 3.44. The summed E-state index contributed by atoms with van der Waals surface area (Å²) in [6.07, 6.45) is 2.76. The van der Waals surface area contributed by atoms with Gasteiger partial charge >= 0.3 is 0 Å². The van der Waals surface area contributed by atoms with Crippen LogP contribution in [0, 0.1) is 0 Å². The normalized spacial score (nSPS) is 18.1. The Morgan fingerprint density at radius 2 is 2.25 bits per heavy atom. The number of hydrogen-bond acceptors (Lipinski definition) is 6. The molecule has 0 saturated heterocycles. The minimum absolute atomic E-state index is 0.265. The third-order valence-electron chi connectivity index (χ3n) is 4.88. The molecule has 0 amide bonds. The van der Waals surface area contributed by atoms with E-state index in [1.165, 1.54) is 5.56 Å². The lowest BCUT2D eigenvalue weighted by atomic mass is 10.1. The van der Waals surface area contributed by atoms with Gasteiger partial charge in [-0.15, -0.1) is 0 Å². The van der Waals surface area contributed by atoms with Crippen molar-refractivity contribution >= 4 is 5.96 Å². The minimum Gasteiger partial charge on any atom is -0.454 e. The van der Waals surface area contributed by atoms with Gasteiger partial charge in [0.2, 0.25) is 6.79 Å². The highest BCUT2D eigenvalue weighted by Gasteiger charge is 2.22. The van der Waals surface area contributed by atoms with Crippen molar-refractivity contribution in [1.29, 1.82) is 0 Å². The van der Waals surface area contributed by atoms with Gasteiger partial charge in [-0.25, -0.2) is 9.67 Å². The number of methoxy groups -OCH3 is 1. The van der Waals surface area contributed by atoms with Crippen molar-refractivity contribution in [3.05, 3.63) is 35.4 Å². The van der Waals surface area contributed by atoms with Gasteiger partial charge in [-0.1, -0.05) is 6.07 Å². The zero-order chi connectivity index (χ0) is 19.3. The SMILES string of the molecule is CN=C(NCCc1ccc2c(c1)OCO2)NC1CCc2nc(COC)nn2C1. The van der Waals surface area contributed by atoms with E-state index in [2.05, 4.69) is 31.8 Å². The van der Waals surface area contributed by atoms with Crippen LogP contribution in [0.25, 0.3) is 0 Å². The zero-order valence-corrected chi connectivity index (χ0v) is 16.3. The molecule has 0 spiro atoms. The van der Waals surface area contributed by atoms with E-state index in [0.29, 0.717) is 13.4 Å². The standard InChI is InChI=1S/C19H26N6O3/c1-20-19(21-8-7-13-3-5-15-16(9-13)28-12-27-15)22-14-4-6-18-23-17(11-26-2)24-25(18)10-14/h3,5,9,14H,4,6-8,10-12H2,1-2H3,(H2,20,21,22). The summed E-state index contributed by atoms with van der Waals surface area (Å²) in [5.74, 6) is 4.19. The van der Waals surface area contributed by atoms with Gasteiger partial charge in [0, 0.05) is 33.2 Å². The number of aliphatic imine (C=N–C) groups is 1. The number of aromatic nitrogens is 3. The van der Waals surface area contributed by atoms with Crippen LogP contribution in [-0.4, -0.2) is 54.3 Å². The van der Waals surface area contributed by atoms with Crippen LogP contribution < -0.4 is 20.1 Å². The molecule has 150 valence electrons. The van der Waals surface area contributed by atoms with Crippen LogP contribution in [0.4, 0.5) is 0 Å². The molecule has 1 aromatic heterocycles. The maximum Gasteiger partial charge on any atom is 0.231 e. The van der Waals surface area contributed by atoms with Crippen molar-refractivity contribution in [2.24, 2.45) is 4.99 Å². The van der Waals surface area contributed by atoms with Gasteiger partial charge in [-0.2, -0.15) is 5.10 Å². The number of ether oxygens (including phenoxy) is 3. The Morgan fingerprint density at radius 3 is 3.11 bits per heavy atom. The molecule has 0 bridgehead atoms. The van der Waals surface area contributed by atoms with Crippen molar-refractivity contribution in [3.63, 3.8) is 0 Å². The van der Waals surface area contributed by atoms with Crippen LogP contribution in [0.5, 0.6) is 11.5 Å². The fraction of sp³-hybridized carbons (Fsp3) is 0.526. The third-order valence-corrected chi connectivity index (χ3v) is 4.88. The predicted molar refractivity (Wildman–Crippen MR) is 104 cm³/mol. The van der Waals surface area contributed by atoms with E-state index in [-0.39, 0.29) is 6.04 Å². The molecule has 1 unspecified atom stereocenters. The number of benzene rings is 1. The van der Waals surface area contributed by atoms with E-state index in [4.69, 9.17) is 14.2 Å². The van der Waals surface area contributed by atoms with Crippen molar-refractivity contribution in [3.8, 4) is 11.5 Å². The number of aryl methyl sites for hydroxylation is 1. The zero-order valence-electron chi connectivity index (χ0n) is 16.3. The van der Waals surface area contributed by atoms with Gasteiger partial charge in [-0.3, -0.25) is 4.99 Å². The number of hydrogen-bond donors (Lipinski definition) is 2. The first-order valence-electron chi connectivity index (χ1n) is 9.52. The molecule has 2 N–H and O–H groups in total. The molecule has 9 nitrogen and oxygen atoms in total. The first-order chi connectivity index (χ1) is 13.7. The molecule has 4 rings (SSSR count). The van der Waals surface area contributed by atoms with Crippen LogP contribution in [0.1, 0.15) is 23.6 Å². The first-order valence-corrected chi connectivity index (χ1v) is 9.52. The molecule has 2 aromatic rings. The second-order valence-corrected chi connectivity index (χ2v) is 6.88. The van der Waals surface area contributed by atoms with Crippen LogP contribution >= 0.6 is 0 Å². The highest BCUT2D eigenvalue weighted by molar-refractivity contribution is 5.79. The summed E-state index contributed by atoms with van der Waals surface area (Å²) in [5, 5.41) is 11.4.